The zero-order chi connectivity index (χ0) is 16.8. The Morgan fingerprint density at radius 2 is 1.74 bits per heavy atom. The number of hydrogen-bond donors (Lipinski definition) is 0. The molecule has 0 saturated carbocycles. The molecule has 2 rings (SSSR count). The predicted molar refractivity (Wildman–Crippen MR) is 95.6 cm³/mol. The summed E-state index contributed by atoms with van der Waals surface area (Å²) in [6, 6.07) is 9.92. The molecule has 0 atom stereocenters. The summed E-state index contributed by atoms with van der Waals surface area (Å²) >= 11 is 12.5. The molecular formula is C16H13Br2ClO4. The Hall–Kier alpha value is -1.08. The van der Waals surface area contributed by atoms with Crippen LogP contribution in [0.15, 0.2) is 45.3 Å². The predicted octanol–water partition coefficient (Wildman–Crippen LogP) is 5.11. The summed E-state index contributed by atoms with van der Waals surface area (Å²) < 4.78 is 17.1. The van der Waals surface area contributed by atoms with Crippen molar-refractivity contribution < 1.29 is 19.0 Å². The highest BCUT2D eigenvalue weighted by atomic mass is 79.9. The third kappa shape index (κ3) is 5.21. The van der Waals surface area contributed by atoms with Crippen molar-refractivity contribution in [1.82, 2.24) is 0 Å². The minimum Gasteiger partial charge on any atom is -0.490 e. The van der Waals surface area contributed by atoms with Crippen LogP contribution in [-0.4, -0.2) is 26.3 Å². The van der Waals surface area contributed by atoms with Gasteiger partial charge in [0.2, 0.25) is 0 Å². The van der Waals surface area contributed by atoms with E-state index in [9.17, 15) is 4.79 Å². The van der Waals surface area contributed by atoms with Crippen LogP contribution in [0.2, 0.25) is 5.02 Å². The lowest BCUT2D eigenvalue weighted by atomic mass is 10.2. The van der Waals surface area contributed by atoms with Crippen molar-refractivity contribution in [3.8, 4) is 11.5 Å². The number of ether oxygens (including phenoxy) is 3. The van der Waals surface area contributed by atoms with E-state index in [2.05, 4.69) is 31.9 Å². The minimum absolute atomic E-state index is 0.399. The summed E-state index contributed by atoms with van der Waals surface area (Å²) in [6.07, 6.45) is 0. The summed E-state index contributed by atoms with van der Waals surface area (Å²) in [7, 11) is 1.60. The summed E-state index contributed by atoms with van der Waals surface area (Å²) in [6.45, 7) is 0.914. The standard InChI is InChI=1S/C16H13Br2ClO4/c1-21-6-7-22-14-4-2-10(8-12(14)17)16(20)23-15-5-3-11(19)9-13(15)18/h2-5,8-9H,6-7H2,1H3. The van der Waals surface area contributed by atoms with E-state index in [-0.39, 0.29) is 0 Å². The zero-order valence-electron chi connectivity index (χ0n) is 12.1. The monoisotopic (exact) mass is 462 g/mol. The average molecular weight is 465 g/mol. The Morgan fingerprint density at radius 1 is 1.04 bits per heavy atom. The number of benzene rings is 2. The minimum atomic E-state index is -0.475. The highest BCUT2D eigenvalue weighted by Crippen LogP contribution is 2.30. The molecule has 7 heteroatoms. The Balaban J connectivity index is 2.09. The summed E-state index contributed by atoms with van der Waals surface area (Å²) in [5.74, 6) is 0.555. The molecule has 0 spiro atoms. The van der Waals surface area contributed by atoms with Crippen molar-refractivity contribution in [2.75, 3.05) is 20.3 Å². The second-order valence-electron chi connectivity index (χ2n) is 4.45. The third-order valence-corrected chi connectivity index (χ3v) is 4.28. The first kappa shape index (κ1) is 18.3. The largest absolute Gasteiger partial charge is 0.490 e. The first-order valence-corrected chi connectivity index (χ1v) is 8.56. The maximum absolute atomic E-state index is 12.2. The summed E-state index contributed by atoms with van der Waals surface area (Å²) in [5, 5.41) is 0.553. The molecule has 0 aromatic heterocycles. The van der Waals surface area contributed by atoms with E-state index >= 15 is 0 Å². The summed E-state index contributed by atoms with van der Waals surface area (Å²) in [5.41, 5.74) is 0.401. The Labute approximate surface area is 155 Å². The average Bonchev–Trinajstić information content (AvgIpc) is 2.51. The smallest absolute Gasteiger partial charge is 0.343 e. The van der Waals surface area contributed by atoms with Gasteiger partial charge in [0.15, 0.2) is 0 Å². The van der Waals surface area contributed by atoms with E-state index in [1.54, 1.807) is 43.5 Å². The number of esters is 1. The number of carbonyl (C=O) groups excluding carboxylic acids is 1. The van der Waals surface area contributed by atoms with Gasteiger partial charge in [-0.1, -0.05) is 11.6 Å². The van der Waals surface area contributed by atoms with Crippen molar-refractivity contribution >= 4 is 49.4 Å². The van der Waals surface area contributed by atoms with Gasteiger partial charge in [0.25, 0.3) is 0 Å². The van der Waals surface area contributed by atoms with Crippen LogP contribution in [0.1, 0.15) is 10.4 Å². The maximum atomic E-state index is 12.2. The second kappa shape index (κ2) is 8.68. The molecule has 0 bridgehead atoms. The Morgan fingerprint density at radius 3 is 2.39 bits per heavy atom. The molecule has 122 valence electrons. The van der Waals surface area contributed by atoms with E-state index in [0.717, 1.165) is 0 Å². The molecule has 0 fully saturated rings. The van der Waals surface area contributed by atoms with E-state index in [4.69, 9.17) is 25.8 Å². The van der Waals surface area contributed by atoms with Crippen LogP contribution in [-0.2, 0) is 4.74 Å². The van der Waals surface area contributed by atoms with E-state index in [1.807, 2.05) is 0 Å². The molecule has 4 nitrogen and oxygen atoms in total. The van der Waals surface area contributed by atoms with Crippen molar-refractivity contribution in [2.45, 2.75) is 0 Å². The van der Waals surface area contributed by atoms with Gasteiger partial charge in [-0.2, -0.15) is 0 Å². The van der Waals surface area contributed by atoms with Gasteiger partial charge in [-0.3, -0.25) is 0 Å². The fourth-order valence-corrected chi connectivity index (χ4v) is 2.95. The van der Waals surface area contributed by atoms with Crippen LogP contribution in [0.3, 0.4) is 0 Å². The van der Waals surface area contributed by atoms with Gasteiger partial charge in [0.1, 0.15) is 18.1 Å². The molecule has 0 heterocycles. The van der Waals surface area contributed by atoms with Crippen molar-refractivity contribution in [3.63, 3.8) is 0 Å². The lowest BCUT2D eigenvalue weighted by Gasteiger charge is -2.10. The molecule has 2 aromatic rings. The Kier molecular flexibility index (Phi) is 6.89. The van der Waals surface area contributed by atoms with Crippen LogP contribution in [0.5, 0.6) is 11.5 Å². The van der Waals surface area contributed by atoms with E-state index < -0.39 is 5.97 Å². The number of rotatable bonds is 6. The van der Waals surface area contributed by atoms with Gasteiger partial charge in [-0.05, 0) is 68.3 Å². The SMILES string of the molecule is COCCOc1ccc(C(=O)Oc2ccc(Cl)cc2Br)cc1Br. The van der Waals surface area contributed by atoms with Crippen LogP contribution in [0.25, 0.3) is 0 Å². The number of carbonyl (C=O) groups is 1. The van der Waals surface area contributed by atoms with Crippen molar-refractivity contribution in [1.29, 1.82) is 0 Å². The van der Waals surface area contributed by atoms with Gasteiger partial charge in [0.05, 0.1) is 21.1 Å². The summed E-state index contributed by atoms with van der Waals surface area (Å²) in [4.78, 5) is 12.2. The van der Waals surface area contributed by atoms with E-state index in [0.29, 0.717) is 44.2 Å². The Bertz CT molecular complexity index is 706. The van der Waals surface area contributed by atoms with Crippen LogP contribution in [0.4, 0.5) is 0 Å². The molecule has 2 aromatic carbocycles. The highest BCUT2D eigenvalue weighted by molar-refractivity contribution is 9.10. The van der Waals surface area contributed by atoms with Gasteiger partial charge >= 0.3 is 5.97 Å². The maximum Gasteiger partial charge on any atom is 0.343 e. The highest BCUT2D eigenvalue weighted by Gasteiger charge is 2.13. The number of hydrogen-bond acceptors (Lipinski definition) is 4. The molecule has 0 unspecified atom stereocenters. The second-order valence-corrected chi connectivity index (χ2v) is 6.60. The molecule has 0 radical (unpaired) electrons. The first-order chi connectivity index (χ1) is 11.0. The molecule has 0 aliphatic carbocycles. The van der Waals surface area contributed by atoms with Gasteiger partial charge in [0, 0.05) is 12.1 Å². The lowest BCUT2D eigenvalue weighted by molar-refractivity contribution is 0.0733. The number of methoxy groups -OCH3 is 1. The van der Waals surface area contributed by atoms with Crippen molar-refractivity contribution in [2.24, 2.45) is 0 Å². The normalized spacial score (nSPS) is 10.4. The lowest BCUT2D eigenvalue weighted by Crippen LogP contribution is -2.09. The van der Waals surface area contributed by atoms with E-state index in [1.165, 1.54) is 0 Å². The molecule has 23 heavy (non-hydrogen) atoms. The van der Waals surface area contributed by atoms with Crippen LogP contribution in [0, 0.1) is 0 Å². The van der Waals surface area contributed by atoms with Gasteiger partial charge < -0.3 is 14.2 Å². The van der Waals surface area contributed by atoms with Crippen molar-refractivity contribution in [3.05, 3.63) is 55.9 Å². The van der Waals surface area contributed by atoms with Gasteiger partial charge in [-0.15, -0.1) is 0 Å². The first-order valence-electron chi connectivity index (χ1n) is 6.60. The fourth-order valence-electron chi connectivity index (χ4n) is 1.70. The molecular weight excluding hydrogens is 451 g/mol. The molecule has 0 aliphatic rings. The fraction of sp³-hybridized carbons (Fsp3) is 0.188. The molecule has 0 amide bonds. The van der Waals surface area contributed by atoms with Crippen LogP contribution < -0.4 is 9.47 Å². The quantitative estimate of drug-likeness (QED) is 0.339. The van der Waals surface area contributed by atoms with Crippen LogP contribution >= 0.6 is 43.5 Å². The molecule has 0 N–H and O–H groups in total. The number of halogens is 3. The molecule has 0 aliphatic heterocycles. The molecule has 0 saturated heterocycles. The zero-order valence-corrected chi connectivity index (χ0v) is 16.1. The topological polar surface area (TPSA) is 44.8 Å². The van der Waals surface area contributed by atoms with Gasteiger partial charge in [-0.25, -0.2) is 4.79 Å². The third-order valence-electron chi connectivity index (χ3n) is 2.81.